The highest BCUT2D eigenvalue weighted by molar-refractivity contribution is 5.88. The standard InChI is InChI=1S/C16H26N4O3/c1-11(2)8-14(16(22)20-18)19-15(21)13(17)10-23-9-12-6-4-3-5-7-12/h3-7,11,13-14H,8-10,17-18H2,1-2H3,(H,19,21)(H,20,22)/p+1/t13-,14-/m0/s1. The number of hydrogen-bond acceptors (Lipinski definition) is 4. The highest BCUT2D eigenvalue weighted by atomic mass is 16.5. The van der Waals surface area contributed by atoms with Crippen LogP contribution in [0.5, 0.6) is 0 Å². The first-order valence-electron chi connectivity index (χ1n) is 7.69. The maximum atomic E-state index is 12.1. The van der Waals surface area contributed by atoms with Crippen molar-refractivity contribution in [2.75, 3.05) is 6.61 Å². The van der Waals surface area contributed by atoms with E-state index in [0.29, 0.717) is 13.0 Å². The summed E-state index contributed by atoms with van der Waals surface area (Å²) in [5.41, 5.74) is 6.89. The third-order valence-corrected chi connectivity index (χ3v) is 3.28. The van der Waals surface area contributed by atoms with Gasteiger partial charge in [0.15, 0.2) is 6.04 Å². The Hall–Kier alpha value is -1.96. The maximum absolute atomic E-state index is 12.1. The average molecular weight is 323 g/mol. The van der Waals surface area contributed by atoms with E-state index in [4.69, 9.17) is 10.6 Å². The highest BCUT2D eigenvalue weighted by Gasteiger charge is 2.25. The van der Waals surface area contributed by atoms with Crippen LogP contribution in [0, 0.1) is 5.92 Å². The summed E-state index contributed by atoms with van der Waals surface area (Å²) in [4.78, 5) is 23.8. The van der Waals surface area contributed by atoms with Crippen LogP contribution >= 0.6 is 0 Å². The van der Waals surface area contributed by atoms with E-state index in [0.717, 1.165) is 5.56 Å². The lowest BCUT2D eigenvalue weighted by molar-refractivity contribution is -0.411. The van der Waals surface area contributed by atoms with Crippen LogP contribution in [0.25, 0.3) is 0 Å². The fourth-order valence-corrected chi connectivity index (χ4v) is 2.06. The van der Waals surface area contributed by atoms with Crippen molar-refractivity contribution in [3.05, 3.63) is 35.9 Å². The summed E-state index contributed by atoms with van der Waals surface area (Å²) < 4.78 is 5.50. The fraction of sp³-hybridized carbons (Fsp3) is 0.500. The van der Waals surface area contributed by atoms with Gasteiger partial charge in [0.1, 0.15) is 12.6 Å². The van der Waals surface area contributed by atoms with E-state index in [1.165, 1.54) is 0 Å². The van der Waals surface area contributed by atoms with Crippen molar-refractivity contribution in [1.82, 2.24) is 10.7 Å². The summed E-state index contributed by atoms with van der Waals surface area (Å²) in [6.45, 7) is 4.53. The van der Waals surface area contributed by atoms with Gasteiger partial charge >= 0.3 is 0 Å². The van der Waals surface area contributed by atoms with Crippen molar-refractivity contribution in [1.29, 1.82) is 0 Å². The Morgan fingerprint density at radius 1 is 1.22 bits per heavy atom. The number of ether oxygens (including phenoxy) is 1. The third kappa shape index (κ3) is 7.23. The highest BCUT2D eigenvalue weighted by Crippen LogP contribution is 2.05. The number of hydrogen-bond donors (Lipinski definition) is 4. The third-order valence-electron chi connectivity index (χ3n) is 3.28. The zero-order chi connectivity index (χ0) is 17.2. The first kappa shape index (κ1) is 19.1. The molecule has 0 aromatic heterocycles. The largest absolute Gasteiger partial charge is 0.370 e. The van der Waals surface area contributed by atoms with E-state index >= 15 is 0 Å². The average Bonchev–Trinajstić information content (AvgIpc) is 2.53. The molecule has 0 radical (unpaired) electrons. The first-order valence-corrected chi connectivity index (χ1v) is 7.69. The summed E-state index contributed by atoms with van der Waals surface area (Å²) in [5, 5.41) is 2.67. The lowest BCUT2D eigenvalue weighted by Gasteiger charge is -2.20. The first-order chi connectivity index (χ1) is 10.9. The Balaban J connectivity index is 2.43. The maximum Gasteiger partial charge on any atom is 0.281 e. The van der Waals surface area contributed by atoms with Crippen molar-refractivity contribution >= 4 is 11.8 Å². The normalized spacial score (nSPS) is 13.4. The Bertz CT molecular complexity index is 493. The van der Waals surface area contributed by atoms with Gasteiger partial charge in [-0.05, 0) is 17.9 Å². The van der Waals surface area contributed by atoms with Gasteiger partial charge in [-0.3, -0.25) is 15.0 Å². The molecule has 0 heterocycles. The molecule has 128 valence electrons. The van der Waals surface area contributed by atoms with Crippen LogP contribution in [0.3, 0.4) is 0 Å². The Morgan fingerprint density at radius 3 is 2.43 bits per heavy atom. The molecule has 2 atom stereocenters. The van der Waals surface area contributed by atoms with Crippen LogP contribution in [-0.2, 0) is 20.9 Å². The molecule has 7 N–H and O–H groups in total. The van der Waals surface area contributed by atoms with E-state index in [1.807, 2.05) is 44.2 Å². The minimum Gasteiger partial charge on any atom is -0.370 e. The van der Waals surface area contributed by atoms with Gasteiger partial charge in [-0.2, -0.15) is 0 Å². The molecule has 0 saturated carbocycles. The molecule has 0 aliphatic heterocycles. The van der Waals surface area contributed by atoms with E-state index in [9.17, 15) is 9.59 Å². The van der Waals surface area contributed by atoms with Crippen LogP contribution in [0.1, 0.15) is 25.8 Å². The van der Waals surface area contributed by atoms with Crippen LogP contribution in [0.15, 0.2) is 30.3 Å². The minimum atomic E-state index is -0.661. The van der Waals surface area contributed by atoms with Crippen molar-refractivity contribution in [3.8, 4) is 0 Å². The molecule has 0 unspecified atom stereocenters. The van der Waals surface area contributed by atoms with E-state index in [1.54, 1.807) is 0 Å². The smallest absolute Gasteiger partial charge is 0.281 e. The number of benzene rings is 1. The SMILES string of the molecule is CC(C)C[C@H](NC(=O)[C@@H]([NH3+])COCc1ccccc1)C(=O)NN. The number of amides is 2. The van der Waals surface area contributed by atoms with E-state index in [-0.39, 0.29) is 18.4 Å². The second kappa shape index (κ2) is 9.94. The number of quaternary nitrogens is 1. The Morgan fingerprint density at radius 2 is 1.87 bits per heavy atom. The lowest BCUT2D eigenvalue weighted by Crippen LogP contribution is -2.70. The van der Waals surface area contributed by atoms with Gasteiger partial charge in [-0.15, -0.1) is 0 Å². The molecule has 2 amide bonds. The number of hydrazine groups is 1. The predicted molar refractivity (Wildman–Crippen MR) is 86.5 cm³/mol. The van der Waals surface area contributed by atoms with Crippen molar-refractivity contribution in [2.24, 2.45) is 11.8 Å². The molecule has 1 rings (SSSR count). The summed E-state index contributed by atoms with van der Waals surface area (Å²) in [7, 11) is 0. The van der Waals surface area contributed by atoms with E-state index in [2.05, 4.69) is 16.5 Å². The molecule has 1 aromatic carbocycles. The van der Waals surface area contributed by atoms with Crippen molar-refractivity contribution < 1.29 is 20.1 Å². The number of rotatable bonds is 9. The van der Waals surface area contributed by atoms with Crippen molar-refractivity contribution in [2.45, 2.75) is 39.0 Å². The van der Waals surface area contributed by atoms with Gasteiger partial charge in [0.25, 0.3) is 11.8 Å². The van der Waals surface area contributed by atoms with E-state index < -0.39 is 18.0 Å². The summed E-state index contributed by atoms with van der Waals surface area (Å²) in [6.07, 6.45) is 0.506. The Kier molecular flexibility index (Phi) is 8.25. The topological polar surface area (TPSA) is 121 Å². The van der Waals surface area contributed by atoms with Gasteiger partial charge in [-0.25, -0.2) is 5.84 Å². The predicted octanol–water partition coefficient (Wildman–Crippen LogP) is -0.665. The molecule has 23 heavy (non-hydrogen) atoms. The summed E-state index contributed by atoms with van der Waals surface area (Å²) in [6, 6.07) is 8.41. The second-order valence-corrected chi connectivity index (χ2v) is 5.90. The summed E-state index contributed by atoms with van der Waals surface area (Å²) >= 11 is 0. The van der Waals surface area contributed by atoms with Crippen LogP contribution in [0.2, 0.25) is 0 Å². The zero-order valence-electron chi connectivity index (χ0n) is 13.7. The number of carbonyl (C=O) groups is 2. The molecule has 1 aromatic rings. The van der Waals surface area contributed by atoms with Crippen LogP contribution < -0.4 is 22.3 Å². The van der Waals surface area contributed by atoms with Gasteiger partial charge in [0.05, 0.1) is 6.61 Å². The zero-order valence-corrected chi connectivity index (χ0v) is 13.7. The number of nitrogens with one attached hydrogen (secondary N) is 2. The molecule has 0 aliphatic carbocycles. The van der Waals surface area contributed by atoms with Gasteiger partial charge < -0.3 is 15.8 Å². The molecular weight excluding hydrogens is 296 g/mol. The van der Waals surface area contributed by atoms with Gasteiger partial charge in [0.2, 0.25) is 0 Å². The molecular formula is C16H27N4O3+. The quantitative estimate of drug-likeness (QED) is 0.274. The van der Waals surface area contributed by atoms with Crippen LogP contribution in [-0.4, -0.2) is 30.5 Å². The van der Waals surface area contributed by atoms with Gasteiger partial charge in [-0.1, -0.05) is 44.2 Å². The minimum absolute atomic E-state index is 0.180. The van der Waals surface area contributed by atoms with Crippen molar-refractivity contribution in [3.63, 3.8) is 0 Å². The van der Waals surface area contributed by atoms with Gasteiger partial charge in [0, 0.05) is 0 Å². The summed E-state index contributed by atoms with van der Waals surface area (Å²) in [5.74, 6) is 4.66. The molecule has 0 aliphatic rings. The molecule has 0 saturated heterocycles. The fourth-order valence-electron chi connectivity index (χ4n) is 2.06. The number of nitrogens with two attached hydrogens (primary N) is 1. The Labute approximate surface area is 136 Å². The van der Waals surface area contributed by atoms with Crippen LogP contribution in [0.4, 0.5) is 0 Å². The number of carbonyl (C=O) groups excluding carboxylic acids is 2. The molecule has 0 spiro atoms. The lowest BCUT2D eigenvalue weighted by atomic mass is 10.0. The second-order valence-electron chi connectivity index (χ2n) is 5.90. The molecule has 7 nitrogen and oxygen atoms in total. The molecule has 0 bridgehead atoms. The monoisotopic (exact) mass is 323 g/mol. The molecule has 0 fully saturated rings. The molecule has 7 heteroatoms.